The molecule has 1 amide bonds. The molecule has 0 bridgehead atoms. The number of carboxylic acid groups (broad SMARTS) is 1. The third kappa shape index (κ3) is 5.07. The van der Waals surface area contributed by atoms with Gasteiger partial charge in [0.1, 0.15) is 17.7 Å². The van der Waals surface area contributed by atoms with Crippen LogP contribution in [0.4, 0.5) is 4.39 Å². The summed E-state index contributed by atoms with van der Waals surface area (Å²) in [5.41, 5.74) is 6.80. The molecule has 9 heteroatoms. The second-order valence-corrected chi connectivity index (χ2v) is 6.75. The van der Waals surface area contributed by atoms with Crippen LogP contribution < -0.4 is 11.1 Å². The van der Waals surface area contributed by atoms with E-state index in [2.05, 4.69) is 17.0 Å². The second kappa shape index (κ2) is 9.44. The van der Waals surface area contributed by atoms with E-state index in [1.807, 2.05) is 0 Å². The number of rotatable bonds is 9. The van der Waals surface area contributed by atoms with Gasteiger partial charge in [-0.2, -0.15) is 0 Å². The van der Waals surface area contributed by atoms with Crippen molar-refractivity contribution in [1.82, 2.24) is 10.2 Å². The number of carboxylic acids is 1. The molecule has 1 heterocycles. The molecule has 2 unspecified atom stereocenters. The third-order valence-corrected chi connectivity index (χ3v) is 4.86. The molecule has 0 spiro atoms. The lowest BCUT2D eigenvalue weighted by Crippen LogP contribution is -2.70. The van der Waals surface area contributed by atoms with E-state index in [9.17, 15) is 24.2 Å². The second-order valence-electron chi connectivity index (χ2n) is 6.75. The quantitative estimate of drug-likeness (QED) is 0.214. The van der Waals surface area contributed by atoms with Crippen molar-refractivity contribution in [2.75, 3.05) is 0 Å². The van der Waals surface area contributed by atoms with Gasteiger partial charge in [0.15, 0.2) is 6.35 Å². The number of hydrogen-bond acceptors (Lipinski definition) is 6. The highest BCUT2D eigenvalue weighted by molar-refractivity contribution is 5.96. The molecule has 156 valence electrons. The molecule has 1 aromatic rings. The smallest absolute Gasteiger partial charge is 0.327 e. The first kappa shape index (κ1) is 22.3. The maximum absolute atomic E-state index is 13.4. The number of aliphatic hydroxyl groups excluding tert-OH is 1. The molecule has 1 fully saturated rings. The Balaban J connectivity index is 2.12. The molecule has 1 aromatic carbocycles. The predicted molar refractivity (Wildman–Crippen MR) is 106 cm³/mol. The molecule has 2 rings (SSSR count). The van der Waals surface area contributed by atoms with Crippen LogP contribution in [0.15, 0.2) is 52.8 Å². The van der Waals surface area contributed by atoms with Crippen LogP contribution in [0.25, 0.3) is 0 Å². The molecule has 0 aromatic heterocycles. The molecule has 0 radical (unpaired) electrons. The van der Waals surface area contributed by atoms with Gasteiger partial charge in [-0.05, 0) is 56.3 Å². The Morgan fingerprint density at radius 3 is 2.76 bits per heavy atom. The van der Waals surface area contributed by atoms with E-state index < -0.39 is 42.0 Å². The van der Waals surface area contributed by atoms with Crippen LogP contribution in [0.2, 0.25) is 0 Å². The molecule has 5 N–H and O–H groups in total. The van der Waals surface area contributed by atoms with E-state index in [-0.39, 0.29) is 12.2 Å². The first-order valence-electron chi connectivity index (χ1n) is 9.03. The molecule has 0 aliphatic carbocycles. The van der Waals surface area contributed by atoms with Crippen molar-refractivity contribution in [2.24, 2.45) is 16.6 Å². The monoisotopic (exact) mass is 404 g/mol. The normalized spacial score (nSPS) is 22.1. The van der Waals surface area contributed by atoms with Gasteiger partial charge in [0.2, 0.25) is 5.91 Å². The number of carbonyl (C=O) groups excluding carboxylic acids is 1. The maximum Gasteiger partial charge on any atom is 0.327 e. The van der Waals surface area contributed by atoms with Crippen molar-refractivity contribution in [2.45, 2.75) is 38.7 Å². The van der Waals surface area contributed by atoms with E-state index in [1.54, 1.807) is 26.0 Å². The van der Waals surface area contributed by atoms with Crippen molar-refractivity contribution in [3.05, 3.63) is 59.2 Å². The van der Waals surface area contributed by atoms with Crippen molar-refractivity contribution in [1.29, 1.82) is 0 Å². The summed E-state index contributed by atoms with van der Waals surface area (Å²) < 4.78 is 13.4. The Labute approximate surface area is 168 Å². The van der Waals surface area contributed by atoms with Crippen LogP contribution >= 0.6 is 0 Å². The number of aliphatic imine (C=N–C) groups is 1. The van der Waals surface area contributed by atoms with Crippen LogP contribution in [0, 0.1) is 11.7 Å². The third-order valence-electron chi connectivity index (χ3n) is 4.86. The lowest BCUT2D eigenvalue weighted by Gasteiger charge is -2.47. The van der Waals surface area contributed by atoms with E-state index in [4.69, 9.17) is 5.73 Å². The van der Waals surface area contributed by atoms with Gasteiger partial charge in [0.25, 0.3) is 0 Å². The number of benzene rings is 1. The van der Waals surface area contributed by atoms with E-state index >= 15 is 0 Å². The average molecular weight is 404 g/mol. The average Bonchev–Trinajstić information content (AvgIpc) is 2.67. The van der Waals surface area contributed by atoms with Crippen molar-refractivity contribution < 1.29 is 24.2 Å². The minimum absolute atomic E-state index is 0.130. The highest BCUT2D eigenvalue weighted by atomic mass is 19.1. The molecular weight excluding hydrogens is 379 g/mol. The zero-order valence-corrected chi connectivity index (χ0v) is 16.2. The Bertz CT molecular complexity index is 855. The van der Waals surface area contributed by atoms with Gasteiger partial charge in [0, 0.05) is 6.04 Å². The lowest BCUT2D eigenvalue weighted by molar-refractivity contribution is -0.190. The molecular formula is C20H25FN4O4. The number of likely N-dealkylation sites (tertiary alicyclic amines) is 1. The summed E-state index contributed by atoms with van der Waals surface area (Å²) in [6.45, 7) is 6.71. The van der Waals surface area contributed by atoms with Gasteiger partial charge in [-0.15, -0.1) is 0 Å². The molecule has 1 saturated heterocycles. The van der Waals surface area contributed by atoms with Gasteiger partial charge in [-0.25, -0.2) is 14.2 Å². The largest absolute Gasteiger partial charge is 0.480 e. The van der Waals surface area contributed by atoms with Crippen LogP contribution in [0.1, 0.15) is 31.9 Å². The first-order valence-corrected chi connectivity index (χ1v) is 9.03. The zero-order chi connectivity index (χ0) is 21.7. The van der Waals surface area contributed by atoms with Crippen molar-refractivity contribution >= 4 is 18.6 Å². The number of halogens is 1. The van der Waals surface area contributed by atoms with Gasteiger partial charge in [0.05, 0.1) is 5.92 Å². The minimum Gasteiger partial charge on any atom is -0.480 e. The number of allylic oxidation sites excluding steroid dienone is 3. The Hall–Kier alpha value is -3.04. The lowest BCUT2D eigenvalue weighted by atomic mass is 9.82. The fourth-order valence-corrected chi connectivity index (χ4v) is 3.26. The van der Waals surface area contributed by atoms with Crippen LogP contribution in [-0.4, -0.2) is 46.1 Å². The van der Waals surface area contributed by atoms with Crippen molar-refractivity contribution in [3.63, 3.8) is 0 Å². The summed E-state index contributed by atoms with van der Waals surface area (Å²) in [5.74, 6) is -2.88. The first-order chi connectivity index (χ1) is 13.7. The Morgan fingerprint density at radius 1 is 1.52 bits per heavy atom. The van der Waals surface area contributed by atoms with E-state index in [0.717, 1.165) is 4.90 Å². The van der Waals surface area contributed by atoms with Crippen molar-refractivity contribution in [3.8, 4) is 0 Å². The van der Waals surface area contributed by atoms with E-state index in [1.165, 1.54) is 24.3 Å². The Morgan fingerprint density at radius 2 is 2.21 bits per heavy atom. The molecule has 0 saturated carbocycles. The maximum atomic E-state index is 13.4. The number of nitrogens with one attached hydrogen (secondary N) is 1. The zero-order valence-electron chi connectivity index (χ0n) is 16.2. The fourth-order valence-electron chi connectivity index (χ4n) is 3.26. The van der Waals surface area contributed by atoms with Gasteiger partial charge in [-0.3, -0.25) is 15.0 Å². The molecule has 4 atom stereocenters. The summed E-state index contributed by atoms with van der Waals surface area (Å²) in [6.07, 6.45) is 1.81. The summed E-state index contributed by atoms with van der Waals surface area (Å²) in [7, 11) is 0. The van der Waals surface area contributed by atoms with Gasteiger partial charge >= 0.3 is 5.97 Å². The van der Waals surface area contributed by atoms with Crippen LogP contribution in [0.3, 0.4) is 0 Å². The van der Waals surface area contributed by atoms with Crippen LogP contribution in [0.5, 0.6) is 0 Å². The number of aliphatic carboxylic acids is 1. The highest BCUT2D eigenvalue weighted by Crippen LogP contribution is 2.34. The standard InChI is InChI=1S/C20H25FN4O4/c1-4-12(9-16(22)23-3)8-15-17(19(27)28)25(18(15)26)20(29)24-11(2)13-6-5-7-14(21)10-13/h4-7,9-11,15,17,20,24,29H,3,8,22H2,1-2H3,(H,27,28)/b12-4-,16-9-/t11?,15-,17+,20?/m1/s1. The summed E-state index contributed by atoms with van der Waals surface area (Å²) in [4.78, 5) is 28.8. The number of nitrogens with two attached hydrogens (primary N) is 1. The minimum atomic E-state index is -1.54. The highest BCUT2D eigenvalue weighted by Gasteiger charge is 2.54. The van der Waals surface area contributed by atoms with Gasteiger partial charge < -0.3 is 15.9 Å². The molecule has 8 nitrogen and oxygen atoms in total. The number of carbonyl (C=O) groups is 2. The van der Waals surface area contributed by atoms with Crippen LogP contribution in [-0.2, 0) is 9.59 Å². The molecule has 1 aliphatic heterocycles. The number of amides is 1. The molecule has 29 heavy (non-hydrogen) atoms. The summed E-state index contributed by atoms with van der Waals surface area (Å²) >= 11 is 0. The number of β-lactam (4-membered cyclic amide) rings is 1. The Kier molecular flexibility index (Phi) is 7.24. The fraction of sp³-hybridized carbons (Fsp3) is 0.350. The summed E-state index contributed by atoms with van der Waals surface area (Å²) in [5, 5.41) is 22.7. The predicted octanol–water partition coefficient (Wildman–Crippen LogP) is 1.50. The van der Waals surface area contributed by atoms with E-state index in [0.29, 0.717) is 11.1 Å². The SMILES string of the molecule is C=N/C(N)=C\C(=C/C)C[C@H]1C(=O)N(C(O)NC(C)c2cccc(F)c2)[C@@H]1C(=O)O. The summed E-state index contributed by atoms with van der Waals surface area (Å²) in [6, 6.07) is 4.03. The topological polar surface area (TPSA) is 128 Å². The number of aliphatic hydroxyl groups is 1. The van der Waals surface area contributed by atoms with Gasteiger partial charge in [-0.1, -0.05) is 18.2 Å². The number of hydrogen-bond donors (Lipinski definition) is 4. The number of nitrogens with zero attached hydrogens (tertiary/aromatic N) is 2. The molecule has 1 aliphatic rings.